The minimum atomic E-state index is -0.929. The van der Waals surface area contributed by atoms with Crippen molar-refractivity contribution in [3.05, 3.63) is 72.5 Å². The Bertz CT molecular complexity index is 1330. The maximum atomic E-state index is 14.6. The van der Waals surface area contributed by atoms with Crippen molar-refractivity contribution in [2.45, 2.75) is 31.6 Å². The van der Waals surface area contributed by atoms with Gasteiger partial charge >= 0.3 is 5.69 Å². The van der Waals surface area contributed by atoms with Gasteiger partial charge in [0, 0.05) is 17.7 Å². The van der Waals surface area contributed by atoms with Gasteiger partial charge in [0.15, 0.2) is 11.6 Å². The fraction of sp³-hybridized carbons (Fsp3) is 0.263. The number of hydrogen-bond donors (Lipinski definition) is 2. The van der Waals surface area contributed by atoms with Gasteiger partial charge < -0.3 is 4.74 Å². The predicted octanol–water partition coefficient (Wildman–Crippen LogP) is 1.46. The molecule has 1 aromatic carbocycles. The molecule has 1 aliphatic carbocycles. The average Bonchev–Trinajstić information content (AvgIpc) is 3.26. The molecule has 2 heterocycles. The Morgan fingerprint density at radius 1 is 1.17 bits per heavy atom. The molecule has 0 spiro atoms. The van der Waals surface area contributed by atoms with Crippen LogP contribution in [-0.4, -0.2) is 25.0 Å². The lowest BCUT2D eigenvalue weighted by Gasteiger charge is -2.11. The molecule has 0 atom stereocenters. The molecule has 1 fully saturated rings. The maximum absolute atomic E-state index is 14.6. The van der Waals surface area contributed by atoms with E-state index in [4.69, 9.17) is 10.00 Å². The van der Waals surface area contributed by atoms with Crippen LogP contribution in [0.1, 0.15) is 42.9 Å². The van der Waals surface area contributed by atoms with E-state index in [-0.39, 0.29) is 28.8 Å². The summed E-state index contributed by atoms with van der Waals surface area (Å²) in [6.45, 7) is 0. The van der Waals surface area contributed by atoms with Gasteiger partial charge in [-0.1, -0.05) is 12.8 Å². The highest BCUT2D eigenvalue weighted by Gasteiger charge is 2.21. The van der Waals surface area contributed by atoms with Crippen LogP contribution in [0.15, 0.2) is 38.6 Å². The molecular formula is C19H15FN6O4. The third kappa shape index (κ3) is 3.62. The summed E-state index contributed by atoms with van der Waals surface area (Å²) >= 11 is 0. The number of rotatable bonds is 4. The van der Waals surface area contributed by atoms with Crippen molar-refractivity contribution in [2.75, 3.05) is 0 Å². The molecule has 2 N–H and O–H groups in total. The predicted molar refractivity (Wildman–Crippen MR) is 101 cm³/mol. The lowest BCUT2D eigenvalue weighted by molar-refractivity contribution is 0.419. The molecule has 0 saturated heterocycles. The van der Waals surface area contributed by atoms with E-state index < -0.39 is 22.8 Å². The second-order valence-corrected chi connectivity index (χ2v) is 6.82. The van der Waals surface area contributed by atoms with Crippen LogP contribution in [-0.2, 0) is 0 Å². The molecule has 11 heteroatoms. The van der Waals surface area contributed by atoms with Crippen LogP contribution in [0, 0.1) is 17.1 Å². The molecule has 0 radical (unpaired) electrons. The second-order valence-electron chi connectivity index (χ2n) is 6.82. The van der Waals surface area contributed by atoms with Gasteiger partial charge in [0.1, 0.15) is 6.07 Å². The van der Waals surface area contributed by atoms with E-state index in [0.717, 1.165) is 31.7 Å². The van der Waals surface area contributed by atoms with Crippen molar-refractivity contribution >= 4 is 0 Å². The zero-order chi connectivity index (χ0) is 21.3. The fourth-order valence-electron chi connectivity index (χ4n) is 3.46. The highest BCUT2D eigenvalue weighted by atomic mass is 19.1. The van der Waals surface area contributed by atoms with Crippen molar-refractivity contribution in [1.29, 1.82) is 5.26 Å². The van der Waals surface area contributed by atoms with Gasteiger partial charge in [-0.2, -0.15) is 9.94 Å². The van der Waals surface area contributed by atoms with Gasteiger partial charge in [-0.3, -0.25) is 14.6 Å². The Hall–Kier alpha value is -4.07. The summed E-state index contributed by atoms with van der Waals surface area (Å²) < 4.78 is 20.8. The molecule has 4 rings (SSSR count). The zero-order valence-electron chi connectivity index (χ0n) is 15.5. The number of nitriles is 1. The molecule has 1 aliphatic rings. The monoisotopic (exact) mass is 410 g/mol. The van der Waals surface area contributed by atoms with Crippen LogP contribution in [0.25, 0.3) is 5.69 Å². The Balaban J connectivity index is 1.65. The molecule has 30 heavy (non-hydrogen) atoms. The third-order valence-corrected chi connectivity index (χ3v) is 4.91. The first-order chi connectivity index (χ1) is 14.5. The molecule has 2 aromatic heterocycles. The summed E-state index contributed by atoms with van der Waals surface area (Å²) in [6.07, 6.45) is 3.90. The lowest BCUT2D eigenvalue weighted by Crippen LogP contribution is -2.33. The van der Waals surface area contributed by atoms with Crippen LogP contribution >= 0.6 is 0 Å². The second kappa shape index (κ2) is 7.75. The van der Waals surface area contributed by atoms with Crippen molar-refractivity contribution in [1.82, 2.24) is 25.0 Å². The van der Waals surface area contributed by atoms with E-state index >= 15 is 0 Å². The van der Waals surface area contributed by atoms with E-state index in [9.17, 15) is 18.8 Å². The Kier molecular flexibility index (Phi) is 4.97. The third-order valence-electron chi connectivity index (χ3n) is 4.91. The van der Waals surface area contributed by atoms with Crippen LogP contribution in [0.2, 0.25) is 0 Å². The maximum Gasteiger partial charge on any atom is 0.349 e. The normalized spacial score (nSPS) is 13.9. The number of aromatic nitrogens is 5. The fourth-order valence-corrected chi connectivity index (χ4v) is 3.46. The summed E-state index contributed by atoms with van der Waals surface area (Å²) in [6, 6.07) is 6.61. The first-order valence-electron chi connectivity index (χ1n) is 9.17. The van der Waals surface area contributed by atoms with E-state index in [1.54, 1.807) is 6.07 Å². The minimum absolute atomic E-state index is 0.0151. The average molecular weight is 410 g/mol. The number of aromatic amines is 2. The molecular weight excluding hydrogens is 395 g/mol. The summed E-state index contributed by atoms with van der Waals surface area (Å²) in [5, 5.41) is 18.7. The van der Waals surface area contributed by atoms with Crippen molar-refractivity contribution in [3.63, 3.8) is 0 Å². The summed E-state index contributed by atoms with van der Waals surface area (Å²) in [7, 11) is 0. The van der Waals surface area contributed by atoms with Gasteiger partial charge in [-0.25, -0.2) is 14.3 Å². The SMILES string of the molecule is N#Cc1nn(-c2ccc(Oc3cc(C4CCCC4)c(=O)[nH]n3)c(F)c2)c(=O)[nH]c1=O. The van der Waals surface area contributed by atoms with Gasteiger partial charge in [-0.15, -0.1) is 10.2 Å². The number of ether oxygens (including phenoxy) is 1. The van der Waals surface area contributed by atoms with E-state index in [1.807, 2.05) is 4.98 Å². The van der Waals surface area contributed by atoms with E-state index in [0.29, 0.717) is 10.2 Å². The molecule has 1 saturated carbocycles. The summed E-state index contributed by atoms with van der Waals surface area (Å²) in [5.74, 6) is -0.858. The molecule has 0 bridgehead atoms. The number of halogens is 1. The molecule has 152 valence electrons. The quantitative estimate of drug-likeness (QED) is 0.662. The lowest BCUT2D eigenvalue weighted by atomic mass is 10.00. The number of nitrogens with one attached hydrogen (secondary N) is 2. The molecule has 0 aliphatic heterocycles. The van der Waals surface area contributed by atoms with Gasteiger partial charge in [0.05, 0.1) is 5.69 Å². The number of hydrogen-bond acceptors (Lipinski definition) is 7. The van der Waals surface area contributed by atoms with Crippen LogP contribution in [0.3, 0.4) is 0 Å². The van der Waals surface area contributed by atoms with E-state index in [2.05, 4.69) is 15.3 Å². The first kappa shape index (κ1) is 19.3. The largest absolute Gasteiger partial charge is 0.435 e. The first-order valence-corrected chi connectivity index (χ1v) is 9.17. The standard InChI is InChI=1S/C19H15FN6O4/c20-13-7-11(26-19(29)22-18(28)14(9-21)25-26)5-6-15(13)30-16-8-12(17(27)24-23-16)10-3-1-2-4-10/h5-8,10H,1-4H2,(H,24,27)(H,22,28,29). The van der Waals surface area contributed by atoms with Gasteiger partial charge in [-0.05, 0) is 30.9 Å². The van der Waals surface area contributed by atoms with Crippen molar-refractivity contribution < 1.29 is 9.13 Å². The molecule has 10 nitrogen and oxygen atoms in total. The van der Waals surface area contributed by atoms with Crippen LogP contribution in [0.5, 0.6) is 11.6 Å². The highest BCUT2D eigenvalue weighted by Crippen LogP contribution is 2.33. The topological polar surface area (TPSA) is 147 Å². The summed E-state index contributed by atoms with van der Waals surface area (Å²) in [5.41, 5.74) is -2.13. The minimum Gasteiger partial charge on any atom is -0.435 e. The Morgan fingerprint density at radius 2 is 1.93 bits per heavy atom. The Labute approximate surface area is 167 Å². The molecule has 3 aromatic rings. The van der Waals surface area contributed by atoms with Gasteiger partial charge in [0.25, 0.3) is 11.1 Å². The number of H-pyrrole nitrogens is 2. The van der Waals surface area contributed by atoms with Gasteiger partial charge in [0.2, 0.25) is 11.6 Å². The van der Waals surface area contributed by atoms with Crippen LogP contribution < -0.4 is 21.5 Å². The molecule has 0 amide bonds. The Morgan fingerprint density at radius 3 is 2.63 bits per heavy atom. The van der Waals surface area contributed by atoms with Crippen molar-refractivity contribution in [2.24, 2.45) is 0 Å². The number of benzene rings is 1. The van der Waals surface area contributed by atoms with E-state index in [1.165, 1.54) is 18.2 Å². The highest BCUT2D eigenvalue weighted by molar-refractivity contribution is 5.39. The van der Waals surface area contributed by atoms with Crippen LogP contribution in [0.4, 0.5) is 4.39 Å². The van der Waals surface area contributed by atoms with Crippen molar-refractivity contribution in [3.8, 4) is 23.4 Å². The number of nitrogens with zero attached hydrogens (tertiary/aromatic N) is 4. The smallest absolute Gasteiger partial charge is 0.349 e. The summed E-state index contributed by atoms with van der Waals surface area (Å²) in [4.78, 5) is 37.4. The molecule has 0 unspecified atom stereocenters. The zero-order valence-corrected chi connectivity index (χ0v) is 15.5.